The number of halogens is 1. The molecule has 2 aromatic heterocycles. The maximum Gasteiger partial charge on any atom is 0.251 e. The molecule has 0 fully saturated rings. The normalized spacial score (nSPS) is 10.7. The first kappa shape index (κ1) is 19.1. The molecule has 4 aromatic rings. The van der Waals surface area contributed by atoms with Crippen LogP contribution in [0.15, 0.2) is 77.7 Å². The Morgan fingerprint density at radius 1 is 1.03 bits per heavy atom. The van der Waals surface area contributed by atoms with E-state index in [0.29, 0.717) is 23.6 Å². The Morgan fingerprint density at radius 3 is 2.69 bits per heavy atom. The third-order valence-electron chi connectivity index (χ3n) is 4.62. The van der Waals surface area contributed by atoms with Crippen molar-refractivity contribution < 1.29 is 9.53 Å². The summed E-state index contributed by atoms with van der Waals surface area (Å²) in [5, 5.41) is 3.85. The monoisotopic (exact) mass is 447 g/mol. The predicted octanol–water partition coefficient (Wildman–Crippen LogP) is 5.42. The Labute approximate surface area is 176 Å². The van der Waals surface area contributed by atoms with Crippen LogP contribution in [0.25, 0.3) is 10.9 Å². The number of aromatic nitrogens is 2. The van der Waals surface area contributed by atoms with Crippen molar-refractivity contribution in [2.24, 2.45) is 0 Å². The van der Waals surface area contributed by atoms with Crippen LogP contribution < -0.4 is 10.1 Å². The average molecular weight is 448 g/mol. The molecule has 0 spiro atoms. The SMILES string of the molecule is Cc1c(Oc2ccnc3cc(Br)ccc23)cccc1C(=O)NCc1ccncc1. The average Bonchev–Trinajstić information content (AvgIpc) is 2.74. The number of ether oxygens (including phenoxy) is 1. The Bertz CT molecular complexity index is 1180. The number of pyridine rings is 2. The van der Waals surface area contributed by atoms with Crippen molar-refractivity contribution in [3.63, 3.8) is 0 Å². The molecule has 29 heavy (non-hydrogen) atoms. The van der Waals surface area contributed by atoms with Crippen LogP contribution in [0.5, 0.6) is 11.5 Å². The van der Waals surface area contributed by atoms with Gasteiger partial charge >= 0.3 is 0 Å². The Hall–Kier alpha value is -3.25. The molecule has 2 heterocycles. The standard InChI is InChI=1S/C23H18BrN3O2/c1-15-18(23(28)27-14-16-7-10-25-11-8-16)3-2-4-21(15)29-22-9-12-26-20-13-17(24)5-6-19(20)22/h2-13H,14H2,1H3,(H,27,28). The van der Waals surface area contributed by atoms with Crippen molar-refractivity contribution in [3.8, 4) is 11.5 Å². The van der Waals surface area contributed by atoms with Gasteiger partial charge < -0.3 is 10.1 Å². The van der Waals surface area contributed by atoms with E-state index in [4.69, 9.17) is 4.74 Å². The number of nitrogens with one attached hydrogen (secondary N) is 1. The molecule has 1 N–H and O–H groups in total. The summed E-state index contributed by atoms with van der Waals surface area (Å²) < 4.78 is 7.13. The van der Waals surface area contributed by atoms with Crippen LogP contribution in [0.3, 0.4) is 0 Å². The van der Waals surface area contributed by atoms with E-state index in [2.05, 4.69) is 31.2 Å². The first-order chi connectivity index (χ1) is 14.1. The lowest BCUT2D eigenvalue weighted by Gasteiger charge is -2.14. The highest BCUT2D eigenvalue weighted by atomic mass is 79.9. The molecule has 0 saturated heterocycles. The summed E-state index contributed by atoms with van der Waals surface area (Å²) >= 11 is 3.46. The summed E-state index contributed by atoms with van der Waals surface area (Å²) in [4.78, 5) is 21.1. The first-order valence-corrected chi connectivity index (χ1v) is 9.90. The molecule has 0 aliphatic heterocycles. The fraction of sp³-hybridized carbons (Fsp3) is 0.0870. The number of carbonyl (C=O) groups excluding carboxylic acids is 1. The highest BCUT2D eigenvalue weighted by molar-refractivity contribution is 9.10. The lowest BCUT2D eigenvalue weighted by atomic mass is 10.1. The van der Waals surface area contributed by atoms with Crippen LogP contribution in [0, 0.1) is 6.92 Å². The second-order valence-electron chi connectivity index (χ2n) is 6.54. The third kappa shape index (κ3) is 4.27. The molecule has 144 valence electrons. The Kier molecular flexibility index (Phi) is 5.53. The zero-order valence-electron chi connectivity index (χ0n) is 15.7. The largest absolute Gasteiger partial charge is 0.456 e. The van der Waals surface area contributed by atoms with E-state index in [1.807, 2.05) is 55.5 Å². The summed E-state index contributed by atoms with van der Waals surface area (Å²) in [6, 6.07) is 16.9. The van der Waals surface area contributed by atoms with Crippen molar-refractivity contribution in [2.75, 3.05) is 0 Å². The number of hydrogen-bond acceptors (Lipinski definition) is 4. The smallest absolute Gasteiger partial charge is 0.251 e. The van der Waals surface area contributed by atoms with Gasteiger partial charge in [-0.1, -0.05) is 22.0 Å². The van der Waals surface area contributed by atoms with Crippen LogP contribution in [-0.2, 0) is 6.54 Å². The highest BCUT2D eigenvalue weighted by Crippen LogP contribution is 2.32. The van der Waals surface area contributed by atoms with Gasteiger partial charge in [0.1, 0.15) is 11.5 Å². The van der Waals surface area contributed by atoms with Gasteiger partial charge in [-0.2, -0.15) is 0 Å². The van der Waals surface area contributed by atoms with E-state index in [1.54, 1.807) is 24.7 Å². The van der Waals surface area contributed by atoms with Crippen LogP contribution in [0.4, 0.5) is 0 Å². The van der Waals surface area contributed by atoms with Gasteiger partial charge in [-0.05, 0) is 61.0 Å². The molecule has 0 saturated carbocycles. The number of carbonyl (C=O) groups is 1. The number of rotatable bonds is 5. The maximum absolute atomic E-state index is 12.7. The van der Waals surface area contributed by atoms with Gasteiger partial charge in [-0.15, -0.1) is 0 Å². The Morgan fingerprint density at radius 2 is 1.86 bits per heavy atom. The van der Waals surface area contributed by atoms with Gasteiger partial charge in [0.05, 0.1) is 5.52 Å². The second-order valence-corrected chi connectivity index (χ2v) is 7.46. The molecule has 0 aliphatic rings. The van der Waals surface area contributed by atoms with E-state index >= 15 is 0 Å². The second kappa shape index (κ2) is 8.41. The van der Waals surface area contributed by atoms with E-state index in [9.17, 15) is 4.79 Å². The summed E-state index contributed by atoms with van der Waals surface area (Å²) in [6.07, 6.45) is 5.13. The van der Waals surface area contributed by atoms with Gasteiger partial charge in [0, 0.05) is 46.1 Å². The zero-order valence-corrected chi connectivity index (χ0v) is 17.3. The van der Waals surface area contributed by atoms with E-state index < -0.39 is 0 Å². The number of fused-ring (bicyclic) bond motifs is 1. The fourth-order valence-corrected chi connectivity index (χ4v) is 3.40. The van der Waals surface area contributed by atoms with Crippen molar-refractivity contribution in [1.82, 2.24) is 15.3 Å². The minimum absolute atomic E-state index is 0.145. The van der Waals surface area contributed by atoms with Gasteiger partial charge in [-0.25, -0.2) is 0 Å². The van der Waals surface area contributed by atoms with E-state index in [-0.39, 0.29) is 5.91 Å². The third-order valence-corrected chi connectivity index (χ3v) is 5.11. The van der Waals surface area contributed by atoms with Crippen molar-refractivity contribution in [1.29, 1.82) is 0 Å². The summed E-state index contributed by atoms with van der Waals surface area (Å²) in [5.74, 6) is 1.19. The molecule has 0 aliphatic carbocycles. The van der Waals surface area contributed by atoms with Crippen LogP contribution in [0.2, 0.25) is 0 Å². The molecule has 2 aromatic carbocycles. The number of nitrogens with zero attached hydrogens (tertiary/aromatic N) is 2. The lowest BCUT2D eigenvalue weighted by molar-refractivity contribution is 0.0950. The van der Waals surface area contributed by atoms with Crippen LogP contribution >= 0.6 is 15.9 Å². The first-order valence-electron chi connectivity index (χ1n) is 9.10. The van der Waals surface area contributed by atoms with Gasteiger partial charge in [-0.3, -0.25) is 14.8 Å². The van der Waals surface area contributed by atoms with Crippen molar-refractivity contribution in [2.45, 2.75) is 13.5 Å². The lowest BCUT2D eigenvalue weighted by Crippen LogP contribution is -2.23. The summed E-state index contributed by atoms with van der Waals surface area (Å²) in [5.41, 5.74) is 3.19. The van der Waals surface area contributed by atoms with E-state index in [1.165, 1.54) is 0 Å². The van der Waals surface area contributed by atoms with Crippen molar-refractivity contribution >= 4 is 32.7 Å². The van der Waals surface area contributed by atoms with Gasteiger partial charge in [0.25, 0.3) is 5.91 Å². The molecule has 0 unspecified atom stereocenters. The predicted molar refractivity (Wildman–Crippen MR) is 116 cm³/mol. The Balaban J connectivity index is 1.58. The zero-order chi connectivity index (χ0) is 20.2. The van der Waals surface area contributed by atoms with Crippen LogP contribution in [0.1, 0.15) is 21.5 Å². The minimum Gasteiger partial charge on any atom is -0.456 e. The molecule has 0 bridgehead atoms. The molecule has 5 nitrogen and oxygen atoms in total. The summed E-state index contributed by atoms with van der Waals surface area (Å²) in [6.45, 7) is 2.33. The number of benzene rings is 2. The fourth-order valence-electron chi connectivity index (χ4n) is 3.05. The molecule has 0 radical (unpaired) electrons. The van der Waals surface area contributed by atoms with Crippen LogP contribution in [-0.4, -0.2) is 15.9 Å². The topological polar surface area (TPSA) is 64.1 Å². The van der Waals surface area contributed by atoms with Gasteiger partial charge in [0.2, 0.25) is 0 Å². The summed E-state index contributed by atoms with van der Waals surface area (Å²) in [7, 11) is 0. The molecular formula is C23H18BrN3O2. The molecular weight excluding hydrogens is 430 g/mol. The number of hydrogen-bond donors (Lipinski definition) is 1. The number of amides is 1. The maximum atomic E-state index is 12.7. The molecule has 0 atom stereocenters. The highest BCUT2D eigenvalue weighted by Gasteiger charge is 2.14. The minimum atomic E-state index is -0.145. The quantitative estimate of drug-likeness (QED) is 0.443. The molecule has 1 amide bonds. The molecule has 6 heteroatoms. The van der Waals surface area contributed by atoms with Gasteiger partial charge in [0.15, 0.2) is 0 Å². The van der Waals surface area contributed by atoms with E-state index in [0.717, 1.165) is 26.5 Å². The molecule has 4 rings (SSSR count). The van der Waals surface area contributed by atoms with Crippen molar-refractivity contribution in [3.05, 3.63) is 94.4 Å².